The number of rotatable bonds is 3. The van der Waals surface area contributed by atoms with Crippen LogP contribution in [0.4, 0.5) is 5.82 Å². The van der Waals surface area contributed by atoms with E-state index in [1.165, 1.54) is 0 Å². The van der Waals surface area contributed by atoms with Crippen molar-refractivity contribution in [2.75, 3.05) is 11.9 Å². The van der Waals surface area contributed by atoms with E-state index in [0.717, 1.165) is 26.0 Å². The average Bonchev–Trinajstić information content (AvgIpc) is 2.35. The molecule has 0 aliphatic rings. The van der Waals surface area contributed by atoms with Gasteiger partial charge in [-0.2, -0.15) is 0 Å². The van der Waals surface area contributed by atoms with E-state index in [1.807, 2.05) is 25.1 Å². The summed E-state index contributed by atoms with van der Waals surface area (Å²) in [6.07, 6.45) is 1.80. The van der Waals surface area contributed by atoms with Gasteiger partial charge in [0, 0.05) is 27.8 Å². The lowest BCUT2D eigenvalue weighted by atomic mass is 10.2. The predicted octanol–water partition coefficient (Wildman–Crippen LogP) is 4.60. The molecule has 2 aromatic rings. The summed E-state index contributed by atoms with van der Waals surface area (Å²) < 4.78 is 1.92. The van der Waals surface area contributed by atoms with E-state index in [2.05, 4.69) is 53.8 Å². The molecule has 0 atom stereocenters. The number of hydrogen-bond acceptors (Lipinski definition) is 3. The molecule has 1 aromatic heterocycles. The van der Waals surface area contributed by atoms with Crippen LogP contribution < -0.4 is 5.32 Å². The van der Waals surface area contributed by atoms with Crippen molar-refractivity contribution >= 4 is 55.9 Å². The number of hydrogen-bond donors (Lipinski definition) is 1. The van der Waals surface area contributed by atoms with Crippen molar-refractivity contribution in [3.05, 3.63) is 37.5 Å². The Morgan fingerprint density at radius 1 is 1.44 bits per heavy atom. The second-order valence-electron chi connectivity index (χ2n) is 3.54. The zero-order valence-electron chi connectivity index (χ0n) is 9.54. The molecule has 2 rings (SSSR count). The highest BCUT2D eigenvalue weighted by Crippen LogP contribution is 2.29. The van der Waals surface area contributed by atoms with Gasteiger partial charge in [0.25, 0.3) is 0 Å². The molecule has 0 aliphatic heterocycles. The molecule has 0 saturated carbocycles. The normalized spacial score (nSPS) is 10.4. The quantitative estimate of drug-likeness (QED) is 0.712. The third-order valence-corrected chi connectivity index (χ3v) is 3.97. The molecule has 6 heteroatoms. The van der Waals surface area contributed by atoms with Gasteiger partial charge < -0.3 is 5.32 Å². The molecule has 0 bridgehead atoms. The summed E-state index contributed by atoms with van der Waals surface area (Å²) >= 11 is 11.7. The van der Waals surface area contributed by atoms with Gasteiger partial charge in [-0.15, -0.1) is 0 Å². The van der Waals surface area contributed by atoms with Gasteiger partial charge in [0.15, 0.2) is 5.82 Å². The Kier molecular flexibility index (Phi) is 4.80. The largest absolute Gasteiger partial charge is 0.369 e. The van der Waals surface area contributed by atoms with Crippen LogP contribution in [0.3, 0.4) is 0 Å². The number of anilines is 1. The van der Waals surface area contributed by atoms with E-state index in [9.17, 15) is 0 Å². The molecule has 0 fully saturated rings. The lowest BCUT2D eigenvalue weighted by molar-refractivity contribution is 1.10. The Labute approximate surface area is 133 Å². The van der Waals surface area contributed by atoms with Gasteiger partial charge >= 0.3 is 0 Å². The smallest absolute Gasteiger partial charge is 0.162 e. The van der Waals surface area contributed by atoms with Crippen LogP contribution in [-0.2, 0) is 0 Å². The molecule has 1 aromatic carbocycles. The van der Waals surface area contributed by atoms with E-state index >= 15 is 0 Å². The lowest BCUT2D eigenvalue weighted by Crippen LogP contribution is -2.03. The second kappa shape index (κ2) is 6.16. The zero-order valence-corrected chi connectivity index (χ0v) is 14.0. The van der Waals surface area contributed by atoms with E-state index in [4.69, 9.17) is 11.6 Å². The summed E-state index contributed by atoms with van der Waals surface area (Å²) in [5, 5.41) is 3.88. The predicted molar refractivity (Wildman–Crippen MR) is 87.1 cm³/mol. The van der Waals surface area contributed by atoms with E-state index in [-0.39, 0.29) is 0 Å². The van der Waals surface area contributed by atoms with Gasteiger partial charge in [-0.1, -0.05) is 27.5 Å². The van der Waals surface area contributed by atoms with Crippen LogP contribution in [0.1, 0.15) is 6.92 Å². The molecule has 0 amide bonds. The molecule has 0 saturated heterocycles. The fraction of sp³-hybridized carbons (Fsp3) is 0.167. The Bertz CT molecular complexity index is 577. The van der Waals surface area contributed by atoms with Crippen LogP contribution in [0.2, 0.25) is 5.02 Å². The van der Waals surface area contributed by atoms with Crippen molar-refractivity contribution in [2.24, 2.45) is 0 Å². The van der Waals surface area contributed by atoms with Gasteiger partial charge in [0.05, 0.1) is 3.57 Å². The van der Waals surface area contributed by atoms with Gasteiger partial charge in [-0.3, -0.25) is 0 Å². The van der Waals surface area contributed by atoms with Crippen molar-refractivity contribution in [1.82, 2.24) is 9.97 Å². The Balaban J connectivity index is 2.50. The topological polar surface area (TPSA) is 37.8 Å². The third kappa shape index (κ3) is 3.13. The van der Waals surface area contributed by atoms with Crippen LogP contribution in [0, 0.1) is 3.57 Å². The van der Waals surface area contributed by atoms with Crippen LogP contribution in [-0.4, -0.2) is 16.5 Å². The second-order valence-corrected chi connectivity index (χ2v) is 6.00. The number of nitrogens with one attached hydrogen (secondary N) is 1. The fourth-order valence-corrected chi connectivity index (χ4v) is 2.50. The van der Waals surface area contributed by atoms with Crippen LogP contribution in [0.15, 0.2) is 28.9 Å². The van der Waals surface area contributed by atoms with Crippen molar-refractivity contribution in [2.45, 2.75) is 6.92 Å². The first-order chi connectivity index (χ1) is 8.61. The van der Waals surface area contributed by atoms with Crippen molar-refractivity contribution < 1.29 is 0 Å². The molecule has 94 valence electrons. The van der Waals surface area contributed by atoms with Gasteiger partial charge in [0.2, 0.25) is 0 Å². The molecule has 3 nitrogen and oxygen atoms in total. The molecule has 0 spiro atoms. The van der Waals surface area contributed by atoms with Crippen molar-refractivity contribution in [3.63, 3.8) is 0 Å². The number of aromatic nitrogens is 2. The van der Waals surface area contributed by atoms with E-state index in [1.54, 1.807) is 6.20 Å². The highest BCUT2D eigenvalue weighted by molar-refractivity contribution is 14.1. The highest BCUT2D eigenvalue weighted by Gasteiger charge is 2.10. The molecular formula is C12H10BrClIN3. The molecular weight excluding hydrogens is 428 g/mol. The summed E-state index contributed by atoms with van der Waals surface area (Å²) in [4.78, 5) is 8.86. The summed E-state index contributed by atoms with van der Waals surface area (Å²) in [5.41, 5.74) is 0.887. The molecule has 0 aliphatic carbocycles. The SMILES string of the molecule is CCNc1nc(-c2cc(Cl)ccc2Br)ncc1I. The molecule has 18 heavy (non-hydrogen) atoms. The van der Waals surface area contributed by atoms with Crippen LogP contribution in [0.5, 0.6) is 0 Å². The van der Waals surface area contributed by atoms with Crippen molar-refractivity contribution in [1.29, 1.82) is 0 Å². The van der Waals surface area contributed by atoms with Crippen LogP contribution >= 0.6 is 50.1 Å². The maximum Gasteiger partial charge on any atom is 0.162 e. The maximum atomic E-state index is 6.01. The molecule has 1 heterocycles. The first-order valence-electron chi connectivity index (χ1n) is 5.33. The summed E-state index contributed by atoms with van der Waals surface area (Å²) in [6.45, 7) is 2.86. The monoisotopic (exact) mass is 437 g/mol. The number of halogens is 3. The first kappa shape index (κ1) is 14.0. The van der Waals surface area contributed by atoms with Gasteiger partial charge in [0.1, 0.15) is 5.82 Å². The highest BCUT2D eigenvalue weighted by atomic mass is 127. The Morgan fingerprint density at radius 3 is 2.94 bits per heavy atom. The molecule has 0 unspecified atom stereocenters. The zero-order chi connectivity index (χ0) is 13.1. The average molecular weight is 438 g/mol. The fourth-order valence-electron chi connectivity index (χ4n) is 1.46. The van der Waals surface area contributed by atoms with Crippen LogP contribution in [0.25, 0.3) is 11.4 Å². The Morgan fingerprint density at radius 2 is 2.22 bits per heavy atom. The first-order valence-corrected chi connectivity index (χ1v) is 7.58. The summed E-state index contributed by atoms with van der Waals surface area (Å²) in [5.74, 6) is 1.50. The lowest BCUT2D eigenvalue weighted by Gasteiger charge is -2.08. The van der Waals surface area contributed by atoms with E-state index in [0.29, 0.717) is 10.8 Å². The minimum atomic E-state index is 0.653. The standard InChI is InChI=1S/C12H10BrClIN3/c1-2-16-12-10(15)6-17-11(18-12)8-5-7(14)3-4-9(8)13/h3-6H,2H2,1H3,(H,16,17,18). The molecule has 0 radical (unpaired) electrons. The summed E-state index contributed by atoms with van der Waals surface area (Å²) in [6, 6.07) is 5.57. The van der Waals surface area contributed by atoms with Gasteiger partial charge in [-0.05, 0) is 47.7 Å². The van der Waals surface area contributed by atoms with Crippen molar-refractivity contribution in [3.8, 4) is 11.4 Å². The minimum absolute atomic E-state index is 0.653. The van der Waals surface area contributed by atoms with E-state index < -0.39 is 0 Å². The minimum Gasteiger partial charge on any atom is -0.369 e. The van der Waals surface area contributed by atoms with Gasteiger partial charge in [-0.25, -0.2) is 9.97 Å². The Hall–Kier alpha value is -0.400. The third-order valence-electron chi connectivity index (χ3n) is 2.26. The summed E-state index contributed by atoms with van der Waals surface area (Å²) in [7, 11) is 0. The number of benzene rings is 1. The number of nitrogens with zero attached hydrogens (tertiary/aromatic N) is 2. The maximum absolute atomic E-state index is 6.01. The molecule has 1 N–H and O–H groups in total.